The van der Waals surface area contributed by atoms with E-state index in [1.54, 1.807) is 6.08 Å². The van der Waals surface area contributed by atoms with Crippen LogP contribution in [0, 0.1) is 0 Å². The van der Waals surface area contributed by atoms with E-state index in [9.17, 15) is 0 Å². The van der Waals surface area contributed by atoms with E-state index in [1.165, 1.54) is 75.5 Å². The lowest BCUT2D eigenvalue weighted by molar-refractivity contribution is 1.36. The number of rotatable bonds is 7. The minimum atomic E-state index is -1.18. The molecule has 54 heavy (non-hydrogen) atoms. The third kappa shape index (κ3) is 8.01. The fourth-order valence-corrected chi connectivity index (χ4v) is 9.19. The van der Waals surface area contributed by atoms with Crippen molar-refractivity contribution in [1.82, 2.24) is 0 Å². The van der Waals surface area contributed by atoms with E-state index in [4.69, 9.17) is 0 Å². The van der Waals surface area contributed by atoms with Gasteiger partial charge < -0.3 is 0 Å². The first kappa shape index (κ1) is 38.6. The molecule has 0 aliphatic carbocycles. The van der Waals surface area contributed by atoms with E-state index in [0.717, 1.165) is 0 Å². The number of alkyl halides is 1. The summed E-state index contributed by atoms with van der Waals surface area (Å²) in [7, 11) is -1.18. The van der Waals surface area contributed by atoms with Crippen LogP contribution in [0.3, 0.4) is 0 Å². The highest BCUT2D eigenvalue weighted by atomic mass is 127. The molecular formula is C52H47IS. The Bertz CT molecular complexity index is 2500. The molecule has 0 aromatic heterocycles. The summed E-state index contributed by atoms with van der Waals surface area (Å²) in [6.07, 6.45) is 14.3. The lowest BCUT2D eigenvalue weighted by atomic mass is 9.84. The summed E-state index contributed by atoms with van der Waals surface area (Å²) in [5.41, 5.74) is 7.65. The van der Waals surface area contributed by atoms with Crippen molar-refractivity contribution in [2.75, 3.05) is 17.4 Å². The molecule has 8 aromatic carbocycles. The predicted octanol–water partition coefficient (Wildman–Crippen LogP) is 16.0. The minimum Gasteiger partial charge on any atom is -0.194 e. The zero-order valence-electron chi connectivity index (χ0n) is 31.5. The molecular weight excluding hydrogens is 784 g/mol. The Hall–Kier alpha value is -5.16. The number of halogens is 1. The van der Waals surface area contributed by atoms with Gasteiger partial charge >= 0.3 is 0 Å². The van der Waals surface area contributed by atoms with Crippen LogP contribution >= 0.6 is 32.6 Å². The lowest BCUT2D eigenvalue weighted by Crippen LogP contribution is -1.98. The van der Waals surface area contributed by atoms with Crippen molar-refractivity contribution >= 4 is 64.9 Å². The highest BCUT2D eigenvalue weighted by Crippen LogP contribution is 2.57. The highest BCUT2D eigenvalue weighted by Gasteiger charge is 2.21. The van der Waals surface area contributed by atoms with Crippen LogP contribution in [-0.2, 0) is 0 Å². The number of hydrogen-bond acceptors (Lipinski definition) is 0. The van der Waals surface area contributed by atoms with Crippen LogP contribution in [0.4, 0.5) is 0 Å². The molecule has 0 fully saturated rings. The van der Waals surface area contributed by atoms with Gasteiger partial charge in [-0.25, -0.2) is 0 Å². The van der Waals surface area contributed by atoms with Crippen LogP contribution in [0.1, 0.15) is 6.92 Å². The summed E-state index contributed by atoms with van der Waals surface area (Å²) in [6, 6.07) is 62.5. The van der Waals surface area contributed by atoms with Gasteiger partial charge in [0.2, 0.25) is 0 Å². The molecule has 268 valence electrons. The largest absolute Gasteiger partial charge is 0.194 e. The Balaban J connectivity index is 0.000000499. The zero-order chi connectivity index (χ0) is 37.9. The maximum Gasteiger partial charge on any atom is -0.00201 e. The van der Waals surface area contributed by atoms with Crippen LogP contribution in [0.25, 0.3) is 65.7 Å². The third-order valence-corrected chi connectivity index (χ3v) is 12.7. The first-order valence-electron chi connectivity index (χ1n) is 18.2. The molecule has 0 aliphatic heterocycles. The monoisotopic (exact) mass is 830 g/mol. The summed E-state index contributed by atoms with van der Waals surface area (Å²) in [5.74, 6) is 0. The molecule has 0 nitrogen and oxygen atoms in total. The summed E-state index contributed by atoms with van der Waals surface area (Å²) >= 11 is 2.15. The van der Waals surface area contributed by atoms with E-state index in [1.807, 2.05) is 36.2 Å². The lowest BCUT2D eigenvalue weighted by Gasteiger charge is -2.32. The van der Waals surface area contributed by atoms with E-state index in [-0.39, 0.29) is 0 Å². The van der Waals surface area contributed by atoms with Crippen LogP contribution in [0.5, 0.6) is 0 Å². The Morgan fingerprint density at radius 2 is 0.870 bits per heavy atom. The van der Waals surface area contributed by atoms with Gasteiger partial charge in [0.1, 0.15) is 0 Å². The van der Waals surface area contributed by atoms with Gasteiger partial charge in [0.25, 0.3) is 0 Å². The Kier molecular flexibility index (Phi) is 13.0. The van der Waals surface area contributed by atoms with Crippen molar-refractivity contribution in [3.8, 4) is 33.4 Å². The van der Waals surface area contributed by atoms with Crippen LogP contribution in [0.15, 0.2) is 217 Å². The molecule has 0 unspecified atom stereocenters. The van der Waals surface area contributed by atoms with Crippen LogP contribution < -0.4 is 0 Å². The van der Waals surface area contributed by atoms with E-state index < -0.39 is 10.0 Å². The van der Waals surface area contributed by atoms with E-state index in [2.05, 4.69) is 212 Å². The molecule has 0 N–H and O–H groups in total. The number of allylic oxidation sites excluding steroid dienone is 5. The van der Waals surface area contributed by atoms with Crippen molar-refractivity contribution in [2.45, 2.75) is 16.7 Å². The fraction of sp³-hybridized carbons (Fsp3) is 0.0769. The molecule has 0 saturated heterocycles. The molecule has 0 spiro atoms. The molecule has 0 saturated carbocycles. The van der Waals surface area contributed by atoms with Crippen molar-refractivity contribution in [3.63, 3.8) is 0 Å². The maximum absolute atomic E-state index is 3.51. The standard InChI is InChI=1S/C44H34S.C7H10.CH3I/c1-45(2,33-19-7-4-8-20-33)34-21-15-18-32(30-34)43-38-24-11-13-26-40(38)44(41-27-14-12-25-39(41)43)42-29-28-35(31-16-5-3-6-17-31)36-22-9-10-23-37(36)42;1-3-5-7-6-4-2;1-2/h3-30H,1-2H3;3-7H,1H2,2H3;1H3/b;6-4-,7-5-;. The smallest absolute Gasteiger partial charge is 0.00201 e. The van der Waals surface area contributed by atoms with Crippen molar-refractivity contribution in [1.29, 1.82) is 0 Å². The van der Waals surface area contributed by atoms with Gasteiger partial charge in [-0.2, -0.15) is 10.0 Å². The van der Waals surface area contributed by atoms with Crippen molar-refractivity contribution < 1.29 is 0 Å². The quantitative estimate of drug-likeness (QED) is 0.0650. The maximum atomic E-state index is 3.51. The summed E-state index contributed by atoms with van der Waals surface area (Å²) < 4.78 is 0. The Morgan fingerprint density at radius 3 is 1.43 bits per heavy atom. The number of fused-ring (bicyclic) bond motifs is 3. The van der Waals surface area contributed by atoms with Gasteiger partial charge in [-0.05, 0) is 124 Å². The Labute approximate surface area is 337 Å². The summed E-state index contributed by atoms with van der Waals surface area (Å²) in [5, 5.41) is 7.68. The van der Waals surface area contributed by atoms with Gasteiger partial charge in [0.05, 0.1) is 0 Å². The van der Waals surface area contributed by atoms with Crippen LogP contribution in [0.2, 0.25) is 0 Å². The number of benzene rings is 8. The summed E-state index contributed by atoms with van der Waals surface area (Å²) in [4.78, 5) is 4.77. The van der Waals surface area contributed by atoms with E-state index in [0.29, 0.717) is 0 Å². The van der Waals surface area contributed by atoms with Gasteiger partial charge in [0.15, 0.2) is 0 Å². The normalized spacial score (nSPS) is 11.6. The van der Waals surface area contributed by atoms with Gasteiger partial charge in [-0.1, -0.05) is 205 Å². The molecule has 0 bridgehead atoms. The van der Waals surface area contributed by atoms with Crippen molar-refractivity contribution in [2.24, 2.45) is 0 Å². The molecule has 8 aromatic rings. The average Bonchev–Trinajstić information content (AvgIpc) is 3.24. The molecule has 8 rings (SSSR count). The first-order valence-corrected chi connectivity index (χ1v) is 22.8. The predicted molar refractivity (Wildman–Crippen MR) is 252 cm³/mol. The second-order valence-electron chi connectivity index (χ2n) is 13.2. The van der Waals surface area contributed by atoms with Crippen molar-refractivity contribution in [3.05, 3.63) is 207 Å². The molecule has 2 heteroatoms. The van der Waals surface area contributed by atoms with Crippen LogP contribution in [-0.4, -0.2) is 17.4 Å². The molecule has 0 amide bonds. The van der Waals surface area contributed by atoms with Gasteiger partial charge in [-0.3, -0.25) is 0 Å². The average molecular weight is 831 g/mol. The molecule has 0 atom stereocenters. The third-order valence-electron chi connectivity index (χ3n) is 9.80. The SMILES string of the molecule is C=C/C=C\C=C/C.CI.CS(C)(c1ccccc1)c1cccc(-c2c3ccccc3c(-c3ccc(-c4ccccc4)c4ccccc34)c3ccccc23)c1. The topological polar surface area (TPSA) is 0 Å². The second-order valence-corrected chi connectivity index (χ2v) is 16.8. The molecule has 0 radical (unpaired) electrons. The highest BCUT2D eigenvalue weighted by molar-refractivity contribution is 14.1. The molecule has 0 heterocycles. The number of hydrogen-bond donors (Lipinski definition) is 0. The summed E-state index contributed by atoms with van der Waals surface area (Å²) in [6.45, 7) is 5.49. The Morgan fingerprint density at radius 1 is 0.426 bits per heavy atom. The van der Waals surface area contributed by atoms with Gasteiger partial charge in [0, 0.05) is 0 Å². The van der Waals surface area contributed by atoms with E-state index >= 15 is 0 Å². The minimum absolute atomic E-state index is 1.18. The van der Waals surface area contributed by atoms with Gasteiger partial charge in [-0.15, -0.1) is 0 Å². The fourth-order valence-electron chi connectivity index (χ4n) is 7.24. The zero-order valence-corrected chi connectivity index (χ0v) is 34.5. The second kappa shape index (κ2) is 18.2. The first-order chi connectivity index (χ1) is 26.5. The molecule has 0 aliphatic rings.